The van der Waals surface area contributed by atoms with Crippen LogP contribution in [-0.4, -0.2) is 14.4 Å². The summed E-state index contributed by atoms with van der Waals surface area (Å²) >= 11 is 0. The van der Waals surface area contributed by atoms with Gasteiger partial charge in [0.15, 0.2) is 0 Å². The molecule has 0 heterocycles. The SMILES string of the molecule is O=C=CNS(=O)(=O)Cl. The van der Waals surface area contributed by atoms with Crippen LogP contribution in [0.3, 0.4) is 0 Å². The second-order valence-electron chi connectivity index (χ2n) is 0.818. The molecule has 0 aromatic heterocycles. The van der Waals surface area contributed by atoms with Gasteiger partial charge < -0.3 is 0 Å². The summed E-state index contributed by atoms with van der Waals surface area (Å²) in [5.74, 6) is 1.17. The molecule has 0 saturated heterocycles. The van der Waals surface area contributed by atoms with Gasteiger partial charge in [0.25, 0.3) is 0 Å². The molecule has 0 atom stereocenters. The number of nitrogens with one attached hydrogen (secondary N) is 1. The van der Waals surface area contributed by atoms with Gasteiger partial charge in [-0.3, -0.25) is 4.72 Å². The minimum atomic E-state index is -3.78. The van der Waals surface area contributed by atoms with Crippen LogP contribution in [0.1, 0.15) is 0 Å². The molecule has 0 saturated carbocycles. The summed E-state index contributed by atoms with van der Waals surface area (Å²) in [6.45, 7) is 0. The van der Waals surface area contributed by atoms with Crippen molar-refractivity contribution in [3.05, 3.63) is 6.20 Å². The molecule has 0 aromatic carbocycles. The summed E-state index contributed by atoms with van der Waals surface area (Å²) in [5.41, 5.74) is 0. The summed E-state index contributed by atoms with van der Waals surface area (Å²) in [5, 5.41) is 0. The van der Waals surface area contributed by atoms with E-state index >= 15 is 0 Å². The average Bonchev–Trinajstić information content (AvgIpc) is 1.59. The molecule has 0 amide bonds. The van der Waals surface area contributed by atoms with E-state index in [0.717, 1.165) is 0 Å². The zero-order valence-electron chi connectivity index (χ0n) is 3.59. The van der Waals surface area contributed by atoms with Gasteiger partial charge in [-0.15, -0.1) is 0 Å². The van der Waals surface area contributed by atoms with E-state index in [2.05, 4.69) is 10.7 Å². The van der Waals surface area contributed by atoms with Crippen molar-refractivity contribution in [1.29, 1.82) is 0 Å². The fourth-order valence-electron chi connectivity index (χ4n) is 0.0944. The molecule has 0 aromatic rings. The molecule has 0 aliphatic heterocycles. The molecular weight excluding hydrogens is 154 g/mol. The van der Waals surface area contributed by atoms with E-state index in [1.54, 1.807) is 4.72 Å². The van der Waals surface area contributed by atoms with E-state index in [-0.39, 0.29) is 0 Å². The van der Waals surface area contributed by atoms with Gasteiger partial charge in [0.2, 0.25) is 0 Å². The molecule has 0 unspecified atom stereocenters. The molecule has 0 fully saturated rings. The molecule has 0 bridgehead atoms. The quantitative estimate of drug-likeness (QED) is 0.428. The van der Waals surface area contributed by atoms with Gasteiger partial charge in [-0.2, -0.15) is 8.42 Å². The molecule has 0 aliphatic rings. The fourth-order valence-corrected chi connectivity index (χ4v) is 0.417. The molecule has 0 rings (SSSR count). The Hall–Kier alpha value is -0.510. The van der Waals surface area contributed by atoms with Crippen molar-refractivity contribution in [1.82, 2.24) is 4.72 Å². The van der Waals surface area contributed by atoms with Gasteiger partial charge in [0.05, 0.1) is 6.20 Å². The monoisotopic (exact) mass is 155 g/mol. The zero-order valence-corrected chi connectivity index (χ0v) is 5.16. The van der Waals surface area contributed by atoms with Crippen LogP contribution >= 0.6 is 10.7 Å². The Bertz CT molecular complexity index is 201. The zero-order chi connectivity index (χ0) is 6.62. The second kappa shape index (κ2) is 2.71. The lowest BCUT2D eigenvalue weighted by atomic mass is 11.1. The smallest absolute Gasteiger partial charge is 0.267 e. The first-order chi connectivity index (χ1) is 3.56. The molecular formula is C2H2ClNO3S. The lowest BCUT2D eigenvalue weighted by molar-refractivity contribution is 0.567. The highest BCUT2D eigenvalue weighted by molar-refractivity contribution is 8.12. The lowest BCUT2D eigenvalue weighted by Crippen LogP contribution is -2.09. The van der Waals surface area contributed by atoms with Gasteiger partial charge in [-0.1, -0.05) is 0 Å². The largest absolute Gasteiger partial charge is 0.319 e. The Balaban J connectivity index is 3.94. The fraction of sp³-hybridized carbons (Fsp3) is 0. The van der Waals surface area contributed by atoms with Crippen molar-refractivity contribution < 1.29 is 13.2 Å². The maximum Gasteiger partial charge on any atom is 0.319 e. The number of halogens is 1. The van der Waals surface area contributed by atoms with Gasteiger partial charge >= 0.3 is 9.24 Å². The maximum atomic E-state index is 9.83. The molecule has 0 aliphatic carbocycles. The van der Waals surface area contributed by atoms with Crippen molar-refractivity contribution in [3.63, 3.8) is 0 Å². The molecule has 6 heteroatoms. The van der Waals surface area contributed by atoms with E-state index in [1.807, 2.05) is 0 Å². The molecule has 0 spiro atoms. The number of hydrogen-bond donors (Lipinski definition) is 1. The predicted octanol–water partition coefficient (Wildman–Crippen LogP) is -0.595. The van der Waals surface area contributed by atoms with Gasteiger partial charge in [0, 0.05) is 10.7 Å². The highest BCUT2D eigenvalue weighted by Gasteiger charge is 1.95. The topological polar surface area (TPSA) is 63.2 Å². The first-order valence-electron chi connectivity index (χ1n) is 1.47. The summed E-state index contributed by atoms with van der Waals surface area (Å²) in [6.07, 6.45) is 0.558. The minimum Gasteiger partial charge on any atom is -0.267 e. The van der Waals surface area contributed by atoms with Crippen molar-refractivity contribution >= 4 is 25.9 Å². The predicted molar refractivity (Wildman–Crippen MR) is 28.2 cm³/mol. The Morgan fingerprint density at radius 1 is 1.62 bits per heavy atom. The van der Waals surface area contributed by atoms with Crippen LogP contribution < -0.4 is 4.72 Å². The van der Waals surface area contributed by atoms with Crippen LogP contribution in [0.25, 0.3) is 0 Å². The Kier molecular flexibility index (Phi) is 2.54. The number of hydrogen-bond acceptors (Lipinski definition) is 3. The molecule has 1 N–H and O–H groups in total. The molecule has 0 radical (unpaired) electrons. The number of rotatable bonds is 2. The summed E-state index contributed by atoms with van der Waals surface area (Å²) < 4.78 is 21.2. The molecule has 8 heavy (non-hydrogen) atoms. The molecule has 46 valence electrons. The highest BCUT2D eigenvalue weighted by Crippen LogP contribution is 1.85. The van der Waals surface area contributed by atoms with E-state index in [1.165, 1.54) is 5.94 Å². The second-order valence-corrected chi connectivity index (χ2v) is 3.15. The third-order valence-corrected chi connectivity index (χ3v) is 0.925. The third-order valence-electron chi connectivity index (χ3n) is 0.259. The van der Waals surface area contributed by atoms with Crippen LogP contribution in [0.4, 0.5) is 0 Å². The first-order valence-corrected chi connectivity index (χ1v) is 3.78. The van der Waals surface area contributed by atoms with E-state index < -0.39 is 9.24 Å². The van der Waals surface area contributed by atoms with Crippen LogP contribution in [-0.2, 0) is 14.0 Å². The normalized spacial score (nSPS) is 9.62. The van der Waals surface area contributed by atoms with Crippen molar-refractivity contribution in [2.45, 2.75) is 0 Å². The van der Waals surface area contributed by atoms with Crippen molar-refractivity contribution in [3.8, 4) is 0 Å². The number of carbonyl (C=O) groups excluding carboxylic acids is 1. The van der Waals surface area contributed by atoms with Crippen molar-refractivity contribution in [2.75, 3.05) is 0 Å². The first kappa shape index (κ1) is 7.49. The van der Waals surface area contributed by atoms with Crippen molar-refractivity contribution in [2.24, 2.45) is 0 Å². The van der Waals surface area contributed by atoms with Gasteiger partial charge in [0.1, 0.15) is 5.94 Å². The lowest BCUT2D eigenvalue weighted by Gasteiger charge is -1.84. The maximum absolute atomic E-state index is 9.83. The standard InChI is InChI=1S/C2H2ClNO3S/c3-8(6,7)4-1-2-5/h1,4H. The van der Waals surface area contributed by atoms with E-state index in [4.69, 9.17) is 0 Å². The summed E-state index contributed by atoms with van der Waals surface area (Å²) in [6, 6.07) is 0. The Labute approximate surface area is 50.7 Å². The Morgan fingerprint density at radius 2 is 2.12 bits per heavy atom. The molecule has 4 nitrogen and oxygen atoms in total. The summed E-state index contributed by atoms with van der Waals surface area (Å²) in [4.78, 5) is 9.29. The Morgan fingerprint density at radius 3 is 2.25 bits per heavy atom. The van der Waals surface area contributed by atoms with Crippen LogP contribution in [0, 0.1) is 0 Å². The van der Waals surface area contributed by atoms with Crippen LogP contribution in [0.15, 0.2) is 6.20 Å². The van der Waals surface area contributed by atoms with Gasteiger partial charge in [-0.25, -0.2) is 4.79 Å². The average molecular weight is 156 g/mol. The van der Waals surface area contributed by atoms with E-state index in [0.29, 0.717) is 6.20 Å². The highest BCUT2D eigenvalue weighted by atomic mass is 35.7. The third kappa shape index (κ3) is 5.49. The minimum absolute atomic E-state index is 0.558. The van der Waals surface area contributed by atoms with Gasteiger partial charge in [-0.05, 0) is 0 Å². The van der Waals surface area contributed by atoms with Crippen LogP contribution in [0.2, 0.25) is 0 Å². The summed E-state index contributed by atoms with van der Waals surface area (Å²) in [7, 11) is 0.781. The van der Waals surface area contributed by atoms with E-state index in [9.17, 15) is 13.2 Å². The van der Waals surface area contributed by atoms with Crippen LogP contribution in [0.5, 0.6) is 0 Å².